The van der Waals surface area contributed by atoms with E-state index in [1.165, 1.54) is 48.3 Å². The van der Waals surface area contributed by atoms with Crippen LogP contribution in [0.25, 0.3) is 0 Å². The summed E-state index contributed by atoms with van der Waals surface area (Å²) in [7, 11) is -3.40. The molecular formula is C25H33NO4S. The summed E-state index contributed by atoms with van der Waals surface area (Å²) in [5.74, 6) is 0.537. The van der Waals surface area contributed by atoms with Gasteiger partial charge in [0.15, 0.2) is 10.9 Å². The van der Waals surface area contributed by atoms with Gasteiger partial charge in [0.1, 0.15) is 9.73 Å². The first-order chi connectivity index (χ1) is 14.6. The van der Waals surface area contributed by atoms with E-state index in [2.05, 4.69) is 19.1 Å². The average molecular weight is 444 g/mol. The molecule has 0 radical (unpaired) electrons. The Morgan fingerprint density at radius 3 is 2.65 bits per heavy atom. The summed E-state index contributed by atoms with van der Waals surface area (Å²) in [5, 5.41) is 10.1. The molecule has 1 aromatic carbocycles. The smallest absolute Gasteiger partial charge is 0.199 e. The number of hydrogen-bond acceptors (Lipinski definition) is 5. The van der Waals surface area contributed by atoms with Gasteiger partial charge in [0.2, 0.25) is 0 Å². The molecule has 5 nitrogen and oxygen atoms in total. The van der Waals surface area contributed by atoms with E-state index in [1.807, 2.05) is 0 Å². The van der Waals surface area contributed by atoms with E-state index in [0.29, 0.717) is 17.4 Å². The summed E-state index contributed by atoms with van der Waals surface area (Å²) >= 11 is 0. The topological polar surface area (TPSA) is 91.4 Å². The molecule has 0 saturated heterocycles. The maximum atomic E-state index is 13.0. The van der Waals surface area contributed by atoms with Crippen LogP contribution in [0.4, 0.5) is 0 Å². The highest BCUT2D eigenvalue weighted by molar-refractivity contribution is 7.93. The van der Waals surface area contributed by atoms with Crippen LogP contribution in [0.5, 0.6) is 0 Å². The maximum Gasteiger partial charge on any atom is 0.199 e. The number of nitrogens with one attached hydrogen (secondary N) is 1. The Labute approximate surface area is 185 Å². The number of benzene rings is 1. The average Bonchev–Trinajstić information content (AvgIpc) is 3.29. The van der Waals surface area contributed by atoms with Crippen molar-refractivity contribution in [3.63, 3.8) is 0 Å². The number of furan rings is 1. The molecule has 1 saturated carbocycles. The molecule has 2 N–H and O–H groups in total. The fourth-order valence-corrected chi connectivity index (χ4v) is 6.16. The summed E-state index contributed by atoms with van der Waals surface area (Å²) < 4.78 is 26.6. The van der Waals surface area contributed by atoms with Crippen molar-refractivity contribution in [1.29, 1.82) is 4.78 Å². The summed E-state index contributed by atoms with van der Waals surface area (Å²) in [6.07, 6.45) is 8.47. The molecule has 4 rings (SSSR count). The van der Waals surface area contributed by atoms with Gasteiger partial charge in [-0.3, -0.25) is 4.79 Å². The molecule has 6 heteroatoms. The molecule has 168 valence electrons. The van der Waals surface area contributed by atoms with Crippen molar-refractivity contribution in [1.82, 2.24) is 0 Å². The van der Waals surface area contributed by atoms with Crippen LogP contribution in [-0.2, 0) is 39.4 Å². The molecule has 2 aliphatic rings. The molecular weight excluding hydrogens is 410 g/mol. The molecule has 2 aromatic rings. The van der Waals surface area contributed by atoms with E-state index in [4.69, 9.17) is 9.20 Å². The number of hydrogen-bond donors (Lipinski definition) is 2. The maximum absolute atomic E-state index is 13.0. The predicted octanol–water partition coefficient (Wildman–Crippen LogP) is 5.12. The van der Waals surface area contributed by atoms with Crippen LogP contribution in [0.2, 0.25) is 0 Å². The molecule has 2 atom stereocenters. The number of rotatable bonds is 8. The van der Waals surface area contributed by atoms with E-state index in [-0.39, 0.29) is 23.0 Å². The standard InChI is InChI=1S/C25H33NO4S/c1-16(17-6-4-7-17)21-11-10-18-8-5-9-22(18)23(21)13-20(27)15-31(26,29)24-12-19(14-30-24)25(2,3)28/h10-12,14,16-17,26,28H,4-9,13,15H2,1-3H3/t16-,31-/m1/s1. The Hall–Kier alpha value is -1.92. The highest BCUT2D eigenvalue weighted by Crippen LogP contribution is 2.42. The summed E-state index contributed by atoms with van der Waals surface area (Å²) in [4.78, 5) is 13.0. The SMILES string of the molecule is C[C@@H](c1ccc2c(c1CC(=O)C[S@@](=N)(=O)c1cc(C(C)(C)O)co1)CCC2)C1CCC1. The number of ketones is 1. The molecule has 0 amide bonds. The minimum atomic E-state index is -3.40. The lowest BCUT2D eigenvalue weighted by molar-refractivity contribution is -0.116. The van der Waals surface area contributed by atoms with Crippen molar-refractivity contribution < 1.29 is 18.5 Å². The highest BCUT2D eigenvalue weighted by Gasteiger charge is 2.30. The van der Waals surface area contributed by atoms with E-state index < -0.39 is 15.3 Å². The lowest BCUT2D eigenvalue weighted by atomic mass is 9.72. The minimum absolute atomic E-state index is 0.0423. The molecule has 2 aliphatic carbocycles. The fourth-order valence-electron chi connectivity index (χ4n) is 4.95. The monoisotopic (exact) mass is 443 g/mol. The number of aliphatic hydroxyl groups is 1. The van der Waals surface area contributed by atoms with Crippen LogP contribution < -0.4 is 0 Å². The van der Waals surface area contributed by atoms with Crippen molar-refractivity contribution in [3.8, 4) is 0 Å². The van der Waals surface area contributed by atoms with Crippen molar-refractivity contribution in [3.05, 3.63) is 52.3 Å². The molecule has 1 aromatic heterocycles. The molecule has 1 fully saturated rings. The number of fused-ring (bicyclic) bond motifs is 1. The van der Waals surface area contributed by atoms with Gasteiger partial charge in [0, 0.05) is 18.1 Å². The van der Waals surface area contributed by atoms with Crippen molar-refractivity contribution in [2.45, 2.75) is 82.3 Å². The van der Waals surface area contributed by atoms with Crippen LogP contribution in [0.1, 0.15) is 80.2 Å². The van der Waals surface area contributed by atoms with Crippen molar-refractivity contribution in [2.24, 2.45) is 5.92 Å². The van der Waals surface area contributed by atoms with Crippen molar-refractivity contribution >= 4 is 15.5 Å². The van der Waals surface area contributed by atoms with Gasteiger partial charge < -0.3 is 9.52 Å². The zero-order valence-corrected chi connectivity index (χ0v) is 19.5. The van der Waals surface area contributed by atoms with Gasteiger partial charge in [-0.2, -0.15) is 0 Å². The second-order valence-electron chi connectivity index (χ2n) is 9.85. The Balaban J connectivity index is 1.57. The Bertz CT molecular complexity index is 1090. The van der Waals surface area contributed by atoms with E-state index in [0.717, 1.165) is 24.8 Å². The third-order valence-corrected chi connectivity index (χ3v) is 8.72. The van der Waals surface area contributed by atoms with Gasteiger partial charge in [-0.05, 0) is 80.0 Å². The number of carbonyl (C=O) groups excluding carboxylic acids is 1. The zero-order chi connectivity index (χ0) is 22.4. The highest BCUT2D eigenvalue weighted by atomic mass is 32.2. The van der Waals surface area contributed by atoms with Crippen LogP contribution in [0, 0.1) is 10.7 Å². The van der Waals surface area contributed by atoms with Gasteiger partial charge in [0.05, 0.1) is 17.6 Å². The van der Waals surface area contributed by atoms with E-state index in [9.17, 15) is 14.1 Å². The lowest BCUT2D eigenvalue weighted by Crippen LogP contribution is -2.22. The normalized spacial score (nSPS) is 19.5. The Morgan fingerprint density at radius 1 is 1.29 bits per heavy atom. The van der Waals surface area contributed by atoms with Gasteiger partial charge >= 0.3 is 0 Å². The first-order valence-corrected chi connectivity index (χ1v) is 13.0. The molecule has 0 aliphatic heterocycles. The third kappa shape index (κ3) is 4.51. The predicted molar refractivity (Wildman–Crippen MR) is 121 cm³/mol. The molecule has 31 heavy (non-hydrogen) atoms. The van der Waals surface area contributed by atoms with Crippen LogP contribution in [0.15, 0.2) is 34.0 Å². The Morgan fingerprint density at radius 2 is 2.03 bits per heavy atom. The van der Waals surface area contributed by atoms with Gasteiger partial charge in [-0.15, -0.1) is 0 Å². The second-order valence-corrected chi connectivity index (χ2v) is 11.9. The third-order valence-electron chi connectivity index (χ3n) is 7.13. The van der Waals surface area contributed by atoms with Gasteiger partial charge in [-0.1, -0.05) is 25.5 Å². The van der Waals surface area contributed by atoms with Gasteiger partial charge in [0.25, 0.3) is 0 Å². The summed E-state index contributed by atoms with van der Waals surface area (Å²) in [5.41, 5.74) is 4.31. The van der Waals surface area contributed by atoms with Gasteiger partial charge in [-0.25, -0.2) is 8.99 Å². The second kappa shape index (κ2) is 8.21. The lowest BCUT2D eigenvalue weighted by Gasteiger charge is -2.33. The molecule has 0 unspecified atom stereocenters. The van der Waals surface area contributed by atoms with Crippen LogP contribution >= 0.6 is 0 Å². The number of carbonyl (C=O) groups is 1. The molecule has 0 bridgehead atoms. The summed E-state index contributed by atoms with van der Waals surface area (Å²) in [6.45, 7) is 5.46. The van der Waals surface area contributed by atoms with Crippen molar-refractivity contribution in [2.75, 3.05) is 5.75 Å². The first-order valence-electron chi connectivity index (χ1n) is 11.3. The number of aryl methyl sites for hydroxylation is 1. The fraction of sp³-hybridized carbons (Fsp3) is 0.560. The molecule has 0 spiro atoms. The summed E-state index contributed by atoms with van der Waals surface area (Å²) in [6, 6.07) is 5.87. The van der Waals surface area contributed by atoms with E-state index in [1.54, 1.807) is 13.8 Å². The molecule has 1 heterocycles. The minimum Gasteiger partial charge on any atom is -0.454 e. The van der Waals surface area contributed by atoms with Crippen LogP contribution in [0.3, 0.4) is 0 Å². The Kier molecular flexibility index (Phi) is 5.90. The number of Topliss-reactive ketones (excluding diaryl/α,β-unsaturated/α-hetero) is 1. The van der Waals surface area contributed by atoms with Crippen LogP contribution in [-0.4, -0.2) is 20.9 Å². The first kappa shape index (κ1) is 22.3. The zero-order valence-electron chi connectivity index (χ0n) is 18.7. The quantitative estimate of drug-likeness (QED) is 0.592. The van der Waals surface area contributed by atoms with E-state index >= 15 is 0 Å². The largest absolute Gasteiger partial charge is 0.454 e.